The Morgan fingerprint density at radius 1 is 1.33 bits per heavy atom. The van der Waals surface area contributed by atoms with Crippen LogP contribution in [0.2, 0.25) is 0 Å². The highest BCUT2D eigenvalue weighted by atomic mass is 32.2. The molecule has 4 heterocycles. The summed E-state index contributed by atoms with van der Waals surface area (Å²) in [6.45, 7) is 0.698. The zero-order valence-electron chi connectivity index (χ0n) is 20.6. The maximum Gasteiger partial charge on any atom is 0.333 e. The van der Waals surface area contributed by atoms with Crippen LogP contribution in [0.15, 0.2) is 36.9 Å². The highest BCUT2D eigenvalue weighted by Crippen LogP contribution is 2.44. The number of anilines is 1. The lowest BCUT2D eigenvalue weighted by atomic mass is 9.95. The van der Waals surface area contributed by atoms with Crippen molar-refractivity contribution in [3.63, 3.8) is 0 Å². The van der Waals surface area contributed by atoms with Crippen LogP contribution in [0.4, 0.5) is 14.6 Å². The van der Waals surface area contributed by atoms with E-state index < -0.39 is 41.0 Å². The van der Waals surface area contributed by atoms with Crippen LogP contribution in [-0.2, 0) is 25.1 Å². The summed E-state index contributed by atoms with van der Waals surface area (Å²) in [7, 11) is -4.14. The molecule has 0 aromatic carbocycles. The number of carbonyl (C=O) groups is 1. The number of nitrogens with two attached hydrogens (primary N) is 1. The topological polar surface area (TPSA) is 167 Å². The molecule has 4 atom stereocenters. The van der Waals surface area contributed by atoms with Gasteiger partial charge in [0.15, 0.2) is 0 Å². The average Bonchev–Trinajstić information content (AvgIpc) is 3.44. The number of hydrogen-bond donors (Lipinski definition) is 3. The van der Waals surface area contributed by atoms with E-state index in [4.69, 9.17) is 9.88 Å². The summed E-state index contributed by atoms with van der Waals surface area (Å²) in [5.41, 5.74) is 0.687. The first kappa shape index (κ1) is 27.6. The standard InChI is InChI=1S/C24H25F2N5O6S2/c1-12-16(21-15-3-2-4-29-22(15)24(25,26)10-36-21)7-19(38-12)20(33)17-8-28-11-30-23(17)31-14-5-13(18(32)6-14)9-37-39(27,34)35/h2-4,7-8,11,13-14,18,21,32H,5-6,9-10H2,1H3,(H2,27,34,35)(H,28,30,31)/t13-,14-,18+,21+/m1/s1. The Kier molecular flexibility index (Phi) is 7.47. The number of alkyl halides is 2. The molecule has 0 spiro atoms. The number of pyridine rings is 1. The number of aliphatic hydroxyl groups excluding tert-OH is 1. The molecule has 39 heavy (non-hydrogen) atoms. The number of aliphatic hydroxyl groups is 1. The molecule has 1 fully saturated rings. The summed E-state index contributed by atoms with van der Waals surface area (Å²) in [4.78, 5) is 26.7. The molecule has 5 rings (SSSR count). The smallest absolute Gasteiger partial charge is 0.333 e. The third-order valence-corrected chi connectivity index (χ3v) is 8.29. The van der Waals surface area contributed by atoms with Crippen molar-refractivity contribution in [2.45, 2.75) is 43.9 Å². The zero-order valence-corrected chi connectivity index (χ0v) is 22.2. The minimum atomic E-state index is -4.14. The van der Waals surface area contributed by atoms with E-state index >= 15 is 0 Å². The minimum absolute atomic E-state index is 0.183. The molecule has 1 saturated carbocycles. The van der Waals surface area contributed by atoms with Crippen molar-refractivity contribution in [3.05, 3.63) is 69.1 Å². The second-order valence-electron chi connectivity index (χ2n) is 9.49. The molecule has 208 valence electrons. The highest BCUT2D eigenvalue weighted by molar-refractivity contribution is 7.84. The van der Waals surface area contributed by atoms with Gasteiger partial charge in [0.05, 0.1) is 23.2 Å². The van der Waals surface area contributed by atoms with Crippen molar-refractivity contribution in [1.82, 2.24) is 15.0 Å². The Morgan fingerprint density at radius 2 is 2.13 bits per heavy atom. The van der Waals surface area contributed by atoms with Crippen LogP contribution >= 0.6 is 11.3 Å². The first-order chi connectivity index (χ1) is 18.4. The molecule has 2 aliphatic rings. The number of rotatable bonds is 8. The van der Waals surface area contributed by atoms with Crippen molar-refractivity contribution in [3.8, 4) is 0 Å². The molecule has 3 aromatic heterocycles. The molecule has 15 heteroatoms. The van der Waals surface area contributed by atoms with Crippen LogP contribution in [0.1, 0.15) is 55.9 Å². The summed E-state index contributed by atoms with van der Waals surface area (Å²) in [6.07, 6.45) is 2.95. The van der Waals surface area contributed by atoms with Crippen LogP contribution in [0, 0.1) is 12.8 Å². The summed E-state index contributed by atoms with van der Waals surface area (Å²) >= 11 is 1.20. The normalized spacial score (nSPS) is 24.3. The molecular weight excluding hydrogens is 556 g/mol. The lowest BCUT2D eigenvalue weighted by Gasteiger charge is -2.30. The average molecular weight is 582 g/mol. The molecule has 0 saturated heterocycles. The van der Waals surface area contributed by atoms with E-state index in [0.29, 0.717) is 16.9 Å². The molecule has 0 unspecified atom stereocenters. The van der Waals surface area contributed by atoms with Gasteiger partial charge in [0, 0.05) is 34.8 Å². The quantitative estimate of drug-likeness (QED) is 0.336. The Labute approximate surface area is 226 Å². The van der Waals surface area contributed by atoms with Gasteiger partial charge in [0.25, 0.3) is 0 Å². The van der Waals surface area contributed by atoms with Crippen LogP contribution in [0.25, 0.3) is 0 Å². The fourth-order valence-electron chi connectivity index (χ4n) is 4.93. The Hall–Kier alpha value is -2.95. The first-order valence-electron chi connectivity index (χ1n) is 11.9. The lowest BCUT2D eigenvalue weighted by molar-refractivity contribution is -0.119. The molecule has 0 radical (unpaired) electrons. The third kappa shape index (κ3) is 5.83. The fourth-order valence-corrected chi connectivity index (χ4v) is 6.29. The number of thiophene rings is 1. The van der Waals surface area contributed by atoms with Gasteiger partial charge < -0.3 is 15.2 Å². The van der Waals surface area contributed by atoms with Gasteiger partial charge in [-0.1, -0.05) is 6.07 Å². The van der Waals surface area contributed by atoms with E-state index in [1.165, 1.54) is 30.1 Å². The van der Waals surface area contributed by atoms with Gasteiger partial charge in [-0.05, 0) is 37.5 Å². The molecule has 3 aromatic rings. The third-order valence-electron chi connectivity index (χ3n) is 6.76. The molecule has 1 aliphatic heterocycles. The summed E-state index contributed by atoms with van der Waals surface area (Å²) in [5, 5.41) is 18.4. The van der Waals surface area contributed by atoms with Crippen molar-refractivity contribution >= 4 is 33.2 Å². The number of fused-ring (bicyclic) bond motifs is 1. The molecule has 0 amide bonds. The molecule has 1 aliphatic carbocycles. The summed E-state index contributed by atoms with van der Waals surface area (Å²) in [6, 6.07) is 4.42. The highest BCUT2D eigenvalue weighted by Gasteiger charge is 2.44. The van der Waals surface area contributed by atoms with E-state index in [-0.39, 0.29) is 47.5 Å². The predicted molar refractivity (Wildman–Crippen MR) is 136 cm³/mol. The zero-order chi connectivity index (χ0) is 27.9. The number of aromatic nitrogens is 3. The van der Waals surface area contributed by atoms with Gasteiger partial charge in [-0.2, -0.15) is 17.2 Å². The largest absolute Gasteiger partial charge is 0.393 e. The maximum absolute atomic E-state index is 14.4. The molecule has 11 nitrogen and oxygen atoms in total. The first-order valence-corrected chi connectivity index (χ1v) is 14.2. The summed E-state index contributed by atoms with van der Waals surface area (Å²) in [5.74, 6) is -3.83. The monoisotopic (exact) mass is 581 g/mol. The van der Waals surface area contributed by atoms with Crippen LogP contribution in [0.5, 0.6) is 0 Å². The second-order valence-corrected chi connectivity index (χ2v) is 12.0. The number of ether oxygens (including phenoxy) is 1. The van der Waals surface area contributed by atoms with Crippen LogP contribution in [-0.4, -0.2) is 59.6 Å². The van der Waals surface area contributed by atoms with Crippen LogP contribution < -0.4 is 10.5 Å². The van der Waals surface area contributed by atoms with E-state index in [9.17, 15) is 27.1 Å². The van der Waals surface area contributed by atoms with Crippen molar-refractivity contribution in [2.75, 3.05) is 18.5 Å². The molecular formula is C24H25F2N5O6S2. The number of hydrogen-bond acceptors (Lipinski definition) is 11. The second kappa shape index (κ2) is 10.6. The number of carbonyl (C=O) groups excluding carboxylic acids is 1. The Morgan fingerprint density at radius 3 is 2.90 bits per heavy atom. The molecule has 4 N–H and O–H groups in total. The molecule has 0 bridgehead atoms. The van der Waals surface area contributed by atoms with Gasteiger partial charge in [0.2, 0.25) is 5.78 Å². The summed E-state index contributed by atoms with van der Waals surface area (Å²) < 4.78 is 61.1. The van der Waals surface area contributed by atoms with E-state index in [1.807, 2.05) is 0 Å². The Balaban J connectivity index is 1.36. The van der Waals surface area contributed by atoms with E-state index in [2.05, 4.69) is 24.5 Å². The van der Waals surface area contributed by atoms with E-state index in [0.717, 1.165) is 4.88 Å². The number of nitrogens with zero attached hydrogens (tertiary/aromatic N) is 3. The lowest BCUT2D eigenvalue weighted by Crippen LogP contribution is -2.32. The van der Waals surface area contributed by atoms with Gasteiger partial charge in [-0.25, -0.2) is 15.1 Å². The Bertz CT molecular complexity index is 1500. The fraction of sp³-hybridized carbons (Fsp3) is 0.417. The van der Waals surface area contributed by atoms with Gasteiger partial charge >= 0.3 is 16.2 Å². The van der Waals surface area contributed by atoms with Gasteiger partial charge in [0.1, 0.15) is 30.5 Å². The number of nitrogens with one attached hydrogen (secondary N) is 1. The van der Waals surface area contributed by atoms with Crippen LogP contribution in [0.3, 0.4) is 0 Å². The van der Waals surface area contributed by atoms with Gasteiger partial charge in [-0.15, -0.1) is 11.3 Å². The minimum Gasteiger partial charge on any atom is -0.393 e. The SMILES string of the molecule is Cc1sc(C(=O)c2cncnc2N[C@@H]2C[C@H](COS(N)(=O)=O)[C@@H](O)C2)cc1[C@H]1OCC(F)(F)c2ncccc21. The van der Waals surface area contributed by atoms with E-state index in [1.54, 1.807) is 25.1 Å². The van der Waals surface area contributed by atoms with Crippen molar-refractivity contribution in [1.29, 1.82) is 0 Å². The predicted octanol–water partition coefficient (Wildman–Crippen LogP) is 2.46. The maximum atomic E-state index is 14.4. The number of ketones is 1. The van der Waals surface area contributed by atoms with Crippen molar-refractivity contribution < 1.29 is 36.0 Å². The van der Waals surface area contributed by atoms with Crippen molar-refractivity contribution in [2.24, 2.45) is 11.1 Å². The number of halogens is 2. The number of aryl methyl sites for hydroxylation is 1. The van der Waals surface area contributed by atoms with Gasteiger partial charge in [-0.3, -0.25) is 14.0 Å².